The molecule has 0 unspecified atom stereocenters. The van der Waals surface area contributed by atoms with Crippen molar-refractivity contribution >= 4 is 11.6 Å². The number of hydrogen-bond donors (Lipinski definition) is 1. The standard InChI is InChI=1S/C15H17F2N3O2/c1-9(2)22-11-6-4-5-10(7-11)18-15(21)12-8-20(3)19-13(12)14(16)17/h4-9,14H,1-3H3,(H,18,21). The Balaban J connectivity index is 2.19. The average Bonchev–Trinajstić information content (AvgIpc) is 2.81. The molecular formula is C15H17F2N3O2. The minimum absolute atomic E-state index is 0.00490. The molecule has 0 saturated heterocycles. The Morgan fingerprint density at radius 1 is 1.36 bits per heavy atom. The fourth-order valence-corrected chi connectivity index (χ4v) is 1.96. The first-order valence-electron chi connectivity index (χ1n) is 6.76. The van der Waals surface area contributed by atoms with Gasteiger partial charge in [-0.3, -0.25) is 9.48 Å². The van der Waals surface area contributed by atoms with Gasteiger partial charge in [0.05, 0.1) is 11.7 Å². The number of nitrogens with one attached hydrogen (secondary N) is 1. The zero-order chi connectivity index (χ0) is 16.3. The van der Waals surface area contributed by atoms with Gasteiger partial charge in [0, 0.05) is 25.0 Å². The van der Waals surface area contributed by atoms with Crippen molar-refractivity contribution in [2.24, 2.45) is 7.05 Å². The molecule has 0 atom stereocenters. The largest absolute Gasteiger partial charge is 0.491 e. The van der Waals surface area contributed by atoms with Crippen molar-refractivity contribution in [3.05, 3.63) is 41.7 Å². The van der Waals surface area contributed by atoms with Gasteiger partial charge >= 0.3 is 0 Å². The van der Waals surface area contributed by atoms with Crippen LogP contribution in [0.25, 0.3) is 0 Å². The van der Waals surface area contributed by atoms with Gasteiger partial charge in [-0.25, -0.2) is 8.78 Å². The highest BCUT2D eigenvalue weighted by Gasteiger charge is 2.22. The molecule has 2 aromatic rings. The maximum Gasteiger partial charge on any atom is 0.282 e. The molecule has 2 rings (SSSR count). The molecule has 0 aliphatic heterocycles. The number of aromatic nitrogens is 2. The number of amides is 1. The van der Waals surface area contributed by atoms with Crippen LogP contribution in [0.3, 0.4) is 0 Å². The lowest BCUT2D eigenvalue weighted by Gasteiger charge is -2.11. The van der Waals surface area contributed by atoms with Crippen LogP contribution in [-0.4, -0.2) is 21.8 Å². The predicted molar refractivity (Wildman–Crippen MR) is 78.3 cm³/mol. The molecule has 0 spiro atoms. The van der Waals surface area contributed by atoms with E-state index in [1.165, 1.54) is 17.9 Å². The number of nitrogens with zero attached hydrogens (tertiary/aromatic N) is 2. The molecule has 0 aliphatic carbocycles. The smallest absolute Gasteiger partial charge is 0.282 e. The van der Waals surface area contributed by atoms with Gasteiger partial charge < -0.3 is 10.1 Å². The molecule has 1 aromatic heterocycles. The molecule has 0 radical (unpaired) electrons. The third-order valence-corrected chi connectivity index (χ3v) is 2.77. The number of ether oxygens (including phenoxy) is 1. The molecule has 7 heteroatoms. The minimum Gasteiger partial charge on any atom is -0.491 e. The Morgan fingerprint density at radius 3 is 2.73 bits per heavy atom. The van der Waals surface area contributed by atoms with Crippen molar-refractivity contribution in [3.8, 4) is 5.75 Å². The SMILES string of the molecule is CC(C)Oc1cccc(NC(=O)c2cn(C)nc2C(F)F)c1. The topological polar surface area (TPSA) is 56.1 Å². The molecular weight excluding hydrogens is 292 g/mol. The summed E-state index contributed by atoms with van der Waals surface area (Å²) in [6, 6.07) is 6.76. The zero-order valence-corrected chi connectivity index (χ0v) is 12.5. The summed E-state index contributed by atoms with van der Waals surface area (Å²) in [4.78, 5) is 12.1. The predicted octanol–water partition coefficient (Wildman–Crippen LogP) is 3.40. The highest BCUT2D eigenvalue weighted by molar-refractivity contribution is 6.05. The normalized spacial score (nSPS) is 11.0. The van der Waals surface area contributed by atoms with Gasteiger partial charge in [-0.2, -0.15) is 5.10 Å². The van der Waals surface area contributed by atoms with E-state index in [4.69, 9.17) is 4.74 Å². The van der Waals surface area contributed by atoms with Crippen LogP contribution in [0, 0.1) is 0 Å². The third-order valence-electron chi connectivity index (χ3n) is 2.77. The van der Waals surface area contributed by atoms with Crippen molar-refractivity contribution in [1.82, 2.24) is 9.78 Å². The van der Waals surface area contributed by atoms with Crippen LogP contribution in [0.2, 0.25) is 0 Å². The number of carbonyl (C=O) groups excluding carboxylic acids is 1. The van der Waals surface area contributed by atoms with Crippen molar-refractivity contribution < 1.29 is 18.3 Å². The fourth-order valence-electron chi connectivity index (χ4n) is 1.96. The molecule has 5 nitrogen and oxygen atoms in total. The summed E-state index contributed by atoms with van der Waals surface area (Å²) >= 11 is 0. The summed E-state index contributed by atoms with van der Waals surface area (Å²) in [5, 5.41) is 6.19. The number of halogens is 2. The number of rotatable bonds is 5. The van der Waals surface area contributed by atoms with Crippen LogP contribution in [0.5, 0.6) is 5.75 Å². The summed E-state index contributed by atoms with van der Waals surface area (Å²) < 4.78 is 32.5. The molecule has 1 N–H and O–H groups in total. The van der Waals surface area contributed by atoms with Gasteiger partial charge in [0.1, 0.15) is 11.4 Å². The molecule has 0 bridgehead atoms. The van der Waals surface area contributed by atoms with E-state index in [1.54, 1.807) is 24.3 Å². The number of alkyl halides is 2. The van der Waals surface area contributed by atoms with E-state index in [9.17, 15) is 13.6 Å². The van der Waals surface area contributed by atoms with Crippen LogP contribution in [-0.2, 0) is 7.05 Å². The lowest BCUT2D eigenvalue weighted by Crippen LogP contribution is -2.13. The molecule has 1 amide bonds. The molecule has 0 fully saturated rings. The Kier molecular flexibility index (Phi) is 4.75. The number of carbonyl (C=O) groups is 1. The fraction of sp³-hybridized carbons (Fsp3) is 0.333. The Hall–Kier alpha value is -2.44. The molecule has 1 aromatic carbocycles. The second kappa shape index (κ2) is 6.55. The first kappa shape index (κ1) is 15.9. The molecule has 22 heavy (non-hydrogen) atoms. The first-order chi connectivity index (χ1) is 10.4. The van der Waals surface area contributed by atoms with E-state index < -0.39 is 18.0 Å². The highest BCUT2D eigenvalue weighted by Crippen LogP contribution is 2.23. The Morgan fingerprint density at radius 2 is 2.09 bits per heavy atom. The maximum atomic E-state index is 12.9. The van der Waals surface area contributed by atoms with Gasteiger partial charge in [-0.05, 0) is 26.0 Å². The van der Waals surface area contributed by atoms with Gasteiger partial charge in [-0.1, -0.05) is 6.07 Å². The number of anilines is 1. The van der Waals surface area contributed by atoms with E-state index in [1.807, 2.05) is 13.8 Å². The Bertz CT molecular complexity index is 669. The monoisotopic (exact) mass is 309 g/mol. The second-order valence-electron chi connectivity index (χ2n) is 5.05. The van der Waals surface area contributed by atoms with Crippen molar-refractivity contribution in [2.75, 3.05) is 5.32 Å². The lowest BCUT2D eigenvalue weighted by atomic mass is 10.2. The number of benzene rings is 1. The van der Waals surface area contributed by atoms with Crippen LogP contribution < -0.4 is 10.1 Å². The quantitative estimate of drug-likeness (QED) is 0.921. The van der Waals surface area contributed by atoms with Crippen LogP contribution in [0.1, 0.15) is 36.3 Å². The number of hydrogen-bond acceptors (Lipinski definition) is 3. The summed E-state index contributed by atoms with van der Waals surface area (Å²) in [6.45, 7) is 3.77. The summed E-state index contributed by atoms with van der Waals surface area (Å²) in [5.41, 5.74) is -0.213. The summed E-state index contributed by atoms with van der Waals surface area (Å²) in [5.74, 6) is -0.0434. The second-order valence-corrected chi connectivity index (χ2v) is 5.05. The summed E-state index contributed by atoms with van der Waals surface area (Å²) in [6.07, 6.45) is -1.54. The van der Waals surface area contributed by atoms with Gasteiger partial charge in [0.2, 0.25) is 0 Å². The van der Waals surface area contributed by atoms with Gasteiger partial charge in [0.25, 0.3) is 12.3 Å². The zero-order valence-electron chi connectivity index (χ0n) is 12.5. The van der Waals surface area contributed by atoms with Crippen molar-refractivity contribution in [3.63, 3.8) is 0 Å². The van der Waals surface area contributed by atoms with Crippen LogP contribution in [0.15, 0.2) is 30.5 Å². The van der Waals surface area contributed by atoms with E-state index in [0.717, 1.165) is 0 Å². The average molecular weight is 309 g/mol. The molecule has 0 saturated carbocycles. The maximum absolute atomic E-state index is 12.9. The van der Waals surface area contributed by atoms with Gasteiger partial charge in [0.15, 0.2) is 0 Å². The van der Waals surface area contributed by atoms with Crippen molar-refractivity contribution in [2.45, 2.75) is 26.4 Å². The van der Waals surface area contributed by atoms with E-state index in [0.29, 0.717) is 11.4 Å². The molecule has 0 aliphatic rings. The lowest BCUT2D eigenvalue weighted by molar-refractivity contribution is 0.101. The van der Waals surface area contributed by atoms with E-state index in [2.05, 4.69) is 10.4 Å². The minimum atomic E-state index is -2.81. The first-order valence-corrected chi connectivity index (χ1v) is 6.76. The van der Waals surface area contributed by atoms with E-state index >= 15 is 0 Å². The molecule has 1 heterocycles. The highest BCUT2D eigenvalue weighted by atomic mass is 19.3. The van der Waals surface area contributed by atoms with E-state index in [-0.39, 0.29) is 11.7 Å². The summed E-state index contributed by atoms with van der Waals surface area (Å²) in [7, 11) is 1.49. The van der Waals surface area contributed by atoms with Crippen LogP contribution in [0.4, 0.5) is 14.5 Å². The van der Waals surface area contributed by atoms with Crippen molar-refractivity contribution in [1.29, 1.82) is 0 Å². The Labute approximate surface area is 126 Å². The molecule has 118 valence electrons. The third kappa shape index (κ3) is 3.81. The van der Waals surface area contributed by atoms with Crippen LogP contribution >= 0.6 is 0 Å². The number of aryl methyl sites for hydroxylation is 1. The van der Waals surface area contributed by atoms with Gasteiger partial charge in [-0.15, -0.1) is 0 Å².